The van der Waals surface area contributed by atoms with Crippen LogP contribution in [-0.4, -0.2) is 33.9 Å². The van der Waals surface area contributed by atoms with Crippen molar-refractivity contribution in [2.45, 2.75) is 31.8 Å². The van der Waals surface area contributed by atoms with Crippen molar-refractivity contribution < 1.29 is 9.59 Å². The molecule has 1 aliphatic rings. The number of likely N-dealkylation sites (tertiary alicyclic amines) is 1. The second-order valence-electron chi connectivity index (χ2n) is 4.53. The van der Waals surface area contributed by atoms with Crippen LogP contribution in [0.5, 0.6) is 0 Å². The highest BCUT2D eigenvalue weighted by Crippen LogP contribution is 2.28. The van der Waals surface area contributed by atoms with Crippen LogP contribution in [-0.2, 0) is 9.59 Å². The van der Waals surface area contributed by atoms with E-state index in [-0.39, 0.29) is 23.9 Å². The predicted octanol–water partition coefficient (Wildman–Crippen LogP) is 2.27. The molecule has 0 spiro atoms. The van der Waals surface area contributed by atoms with Gasteiger partial charge in [-0.15, -0.1) is 0 Å². The van der Waals surface area contributed by atoms with Gasteiger partial charge in [0.25, 0.3) is 5.91 Å². The maximum atomic E-state index is 12.1. The van der Waals surface area contributed by atoms with Crippen molar-refractivity contribution in [3.8, 4) is 0 Å². The molecule has 1 fully saturated rings. The first-order chi connectivity index (χ1) is 9.08. The molecular formula is C12H15BrIN3O2. The first-order valence-corrected chi connectivity index (χ1v) is 7.98. The number of amides is 2. The van der Waals surface area contributed by atoms with Crippen molar-refractivity contribution in [2.75, 3.05) is 6.54 Å². The second kappa shape index (κ2) is 6.25. The third-order valence-corrected chi connectivity index (χ3v) is 4.62. The lowest BCUT2D eigenvalue weighted by atomic mass is 10.2. The highest BCUT2D eigenvalue weighted by molar-refractivity contribution is 14.1. The maximum absolute atomic E-state index is 12.1. The number of nitrogens with zero attached hydrogens (tertiary/aromatic N) is 2. The predicted molar refractivity (Wildman–Crippen MR) is 83.7 cm³/mol. The fourth-order valence-electron chi connectivity index (χ4n) is 2.48. The van der Waals surface area contributed by atoms with Crippen LogP contribution in [0, 0.1) is 0 Å². The van der Waals surface area contributed by atoms with Gasteiger partial charge in [0.2, 0.25) is 5.91 Å². The molecule has 19 heavy (non-hydrogen) atoms. The number of aromatic nitrogens is 1. The largest absolute Gasteiger partial charge is 0.337 e. The van der Waals surface area contributed by atoms with Crippen LogP contribution in [0.4, 0.5) is 0 Å². The maximum Gasteiger partial charge on any atom is 0.251 e. The Balaban J connectivity index is 2.15. The molecule has 1 aromatic heterocycles. The number of carbonyl (C=O) groups is 2. The number of carbonyl (C=O) groups excluding carboxylic acids is 2. The van der Waals surface area contributed by atoms with E-state index in [0.29, 0.717) is 19.4 Å². The summed E-state index contributed by atoms with van der Waals surface area (Å²) in [5, 5.41) is 0. The van der Waals surface area contributed by atoms with Crippen molar-refractivity contribution in [3.63, 3.8) is 0 Å². The minimum atomic E-state index is -0.372. The van der Waals surface area contributed by atoms with Gasteiger partial charge in [0, 0.05) is 19.2 Å². The van der Waals surface area contributed by atoms with E-state index in [1.165, 1.54) is 0 Å². The molecule has 0 bridgehead atoms. The molecule has 7 heteroatoms. The minimum absolute atomic E-state index is 0.0393. The normalized spacial score (nSPS) is 20.7. The van der Waals surface area contributed by atoms with Gasteiger partial charge >= 0.3 is 0 Å². The molecule has 1 saturated heterocycles. The zero-order valence-corrected chi connectivity index (χ0v) is 14.2. The Morgan fingerprint density at radius 2 is 2.42 bits per heavy atom. The SMILES string of the molecule is CC[C@@H](C(=O)NI)N1CC(n2cccc2Br)CC1=O. The van der Waals surface area contributed by atoms with Crippen LogP contribution in [0.25, 0.3) is 0 Å². The van der Waals surface area contributed by atoms with Crippen LogP contribution in [0.15, 0.2) is 22.9 Å². The Bertz CT molecular complexity index is 491. The van der Waals surface area contributed by atoms with Crippen molar-refractivity contribution in [2.24, 2.45) is 0 Å². The molecule has 1 aliphatic heterocycles. The fraction of sp³-hybridized carbons (Fsp3) is 0.500. The van der Waals surface area contributed by atoms with Gasteiger partial charge < -0.3 is 9.47 Å². The summed E-state index contributed by atoms with van der Waals surface area (Å²) in [6, 6.07) is 3.60. The van der Waals surface area contributed by atoms with E-state index in [0.717, 1.165) is 4.60 Å². The molecule has 1 N–H and O–H groups in total. The number of hydrogen-bond donors (Lipinski definition) is 1. The molecule has 2 rings (SSSR count). The summed E-state index contributed by atoms with van der Waals surface area (Å²) in [7, 11) is 0. The molecular weight excluding hydrogens is 425 g/mol. The van der Waals surface area contributed by atoms with Crippen LogP contribution in [0.3, 0.4) is 0 Å². The van der Waals surface area contributed by atoms with Crippen LogP contribution >= 0.6 is 38.8 Å². The molecule has 0 radical (unpaired) electrons. The van der Waals surface area contributed by atoms with E-state index in [1.54, 1.807) is 4.90 Å². The minimum Gasteiger partial charge on any atom is -0.337 e. The molecule has 0 aliphatic carbocycles. The summed E-state index contributed by atoms with van der Waals surface area (Å²) in [4.78, 5) is 25.6. The molecule has 5 nitrogen and oxygen atoms in total. The third kappa shape index (κ3) is 2.96. The van der Waals surface area contributed by atoms with E-state index in [2.05, 4.69) is 19.5 Å². The lowest BCUT2D eigenvalue weighted by Gasteiger charge is -2.25. The molecule has 2 amide bonds. The van der Waals surface area contributed by atoms with E-state index in [9.17, 15) is 9.59 Å². The molecule has 104 valence electrons. The molecule has 2 heterocycles. The molecule has 1 aromatic rings. The third-order valence-electron chi connectivity index (χ3n) is 3.42. The van der Waals surface area contributed by atoms with Crippen molar-refractivity contribution in [3.05, 3.63) is 22.9 Å². The van der Waals surface area contributed by atoms with Gasteiger partial charge in [-0.1, -0.05) is 6.92 Å². The average Bonchev–Trinajstić information content (AvgIpc) is 2.97. The molecule has 2 atom stereocenters. The van der Waals surface area contributed by atoms with Gasteiger partial charge in [-0.2, -0.15) is 0 Å². The monoisotopic (exact) mass is 439 g/mol. The summed E-state index contributed by atoms with van der Waals surface area (Å²) in [6.07, 6.45) is 3.02. The number of hydrogen-bond acceptors (Lipinski definition) is 2. The van der Waals surface area contributed by atoms with Gasteiger partial charge in [-0.25, -0.2) is 0 Å². The Hall–Kier alpha value is -0.570. The number of halogens is 2. The lowest BCUT2D eigenvalue weighted by Crippen LogP contribution is -2.45. The van der Waals surface area contributed by atoms with Gasteiger partial charge in [0.15, 0.2) is 0 Å². The summed E-state index contributed by atoms with van der Waals surface area (Å²) in [6.45, 7) is 2.50. The van der Waals surface area contributed by atoms with E-state index in [4.69, 9.17) is 0 Å². The fourth-order valence-corrected chi connectivity index (χ4v) is 3.40. The van der Waals surface area contributed by atoms with Gasteiger partial charge in [-0.3, -0.25) is 13.1 Å². The summed E-state index contributed by atoms with van der Waals surface area (Å²) >= 11 is 5.28. The molecule has 0 aromatic carbocycles. The zero-order valence-electron chi connectivity index (χ0n) is 10.5. The van der Waals surface area contributed by atoms with Gasteiger partial charge in [-0.05, 0) is 34.5 Å². The second-order valence-corrected chi connectivity index (χ2v) is 5.88. The van der Waals surface area contributed by atoms with Crippen LogP contribution in [0.1, 0.15) is 25.8 Å². The zero-order chi connectivity index (χ0) is 14.0. The van der Waals surface area contributed by atoms with Crippen molar-refractivity contribution >= 4 is 50.6 Å². The first-order valence-electron chi connectivity index (χ1n) is 6.10. The Labute approximate surface area is 134 Å². The molecule has 1 unspecified atom stereocenters. The van der Waals surface area contributed by atoms with Crippen LogP contribution in [0.2, 0.25) is 0 Å². The summed E-state index contributed by atoms with van der Waals surface area (Å²) < 4.78 is 5.59. The topological polar surface area (TPSA) is 54.3 Å². The van der Waals surface area contributed by atoms with E-state index < -0.39 is 0 Å². The highest BCUT2D eigenvalue weighted by Gasteiger charge is 2.37. The first kappa shape index (κ1) is 14.8. The van der Waals surface area contributed by atoms with Gasteiger partial charge in [0.1, 0.15) is 6.04 Å². The van der Waals surface area contributed by atoms with E-state index >= 15 is 0 Å². The summed E-state index contributed by atoms with van der Waals surface area (Å²) in [5.41, 5.74) is 0. The standard InChI is InChI=1S/C12H15BrIN3O2/c1-2-9(12(19)15-14)17-7-8(6-11(17)18)16-5-3-4-10(16)13/h3-5,8-9H,2,6-7H2,1H3,(H,15,19)/t8?,9-/m0/s1. The van der Waals surface area contributed by atoms with Crippen molar-refractivity contribution in [1.82, 2.24) is 13.0 Å². The Kier molecular flexibility index (Phi) is 4.88. The van der Waals surface area contributed by atoms with Gasteiger partial charge in [0.05, 0.1) is 33.5 Å². The van der Waals surface area contributed by atoms with E-state index in [1.807, 2.05) is 52.7 Å². The van der Waals surface area contributed by atoms with Crippen LogP contribution < -0.4 is 3.53 Å². The number of rotatable bonds is 4. The number of nitrogens with one attached hydrogen (secondary N) is 1. The Morgan fingerprint density at radius 1 is 1.68 bits per heavy atom. The molecule has 0 saturated carbocycles. The quantitative estimate of drug-likeness (QED) is 0.578. The average molecular weight is 440 g/mol. The smallest absolute Gasteiger partial charge is 0.251 e. The lowest BCUT2D eigenvalue weighted by molar-refractivity contribution is -0.136. The highest BCUT2D eigenvalue weighted by atomic mass is 127. The summed E-state index contributed by atoms with van der Waals surface area (Å²) in [5.74, 6) is -0.0684. The Morgan fingerprint density at radius 3 is 2.95 bits per heavy atom. The van der Waals surface area contributed by atoms with Crippen molar-refractivity contribution in [1.29, 1.82) is 0 Å².